The van der Waals surface area contributed by atoms with Gasteiger partial charge in [-0.15, -0.1) is 0 Å². The van der Waals surface area contributed by atoms with Crippen molar-refractivity contribution in [2.45, 2.75) is 31.7 Å². The van der Waals surface area contributed by atoms with Crippen LogP contribution in [0.25, 0.3) is 0 Å². The highest BCUT2D eigenvalue weighted by Crippen LogP contribution is 2.34. The minimum absolute atomic E-state index is 0.0162. The van der Waals surface area contributed by atoms with Crippen LogP contribution in [-0.4, -0.2) is 12.3 Å². The maximum absolute atomic E-state index is 12.9. The zero-order valence-corrected chi connectivity index (χ0v) is 8.76. The summed E-state index contributed by atoms with van der Waals surface area (Å²) in [7, 11) is 0. The molecule has 1 atom stereocenters. The van der Waals surface area contributed by atoms with Gasteiger partial charge in [0.1, 0.15) is 6.04 Å². The molecule has 90 valence electrons. The Hall–Kier alpha value is -1.10. The Morgan fingerprint density at radius 2 is 1.69 bits per heavy atom. The van der Waals surface area contributed by atoms with E-state index >= 15 is 0 Å². The van der Waals surface area contributed by atoms with Gasteiger partial charge < -0.3 is 5.73 Å². The predicted octanol–water partition coefficient (Wildman–Crippen LogP) is 3.15. The van der Waals surface area contributed by atoms with Crippen molar-refractivity contribution < 1.29 is 17.6 Å². The summed E-state index contributed by atoms with van der Waals surface area (Å²) in [6.07, 6.45) is -3.01. The number of alkyl halides is 4. The first-order chi connectivity index (χ1) is 7.39. The van der Waals surface area contributed by atoms with Crippen LogP contribution < -0.4 is 5.73 Å². The van der Waals surface area contributed by atoms with Crippen LogP contribution >= 0.6 is 0 Å². The molecule has 0 heterocycles. The van der Waals surface area contributed by atoms with Crippen molar-refractivity contribution in [3.8, 4) is 0 Å². The molecular formula is C11H13F4N. The van der Waals surface area contributed by atoms with E-state index in [-0.39, 0.29) is 5.56 Å². The molecule has 0 amide bonds. The van der Waals surface area contributed by atoms with Gasteiger partial charge >= 0.3 is 12.3 Å². The fourth-order valence-corrected chi connectivity index (χ4v) is 1.32. The summed E-state index contributed by atoms with van der Waals surface area (Å²) in [6.45, 7) is 1.91. The molecular weight excluding hydrogens is 222 g/mol. The standard InChI is InChI=1S/C11H13F4N/c1-2-7-3-5-8(6-4-7)9(16)11(14,15)10(12)13/h3-6,9-10H,2,16H2,1H3. The molecule has 16 heavy (non-hydrogen) atoms. The van der Waals surface area contributed by atoms with Crippen LogP contribution in [0.5, 0.6) is 0 Å². The van der Waals surface area contributed by atoms with E-state index in [9.17, 15) is 17.6 Å². The first-order valence-corrected chi connectivity index (χ1v) is 4.90. The molecule has 1 unspecified atom stereocenters. The first kappa shape index (κ1) is 13.0. The van der Waals surface area contributed by atoms with E-state index in [1.807, 2.05) is 6.92 Å². The fourth-order valence-electron chi connectivity index (χ4n) is 1.32. The summed E-state index contributed by atoms with van der Waals surface area (Å²) >= 11 is 0. The number of halogens is 4. The van der Waals surface area contributed by atoms with E-state index in [0.717, 1.165) is 12.0 Å². The second kappa shape index (κ2) is 4.82. The second-order valence-corrected chi connectivity index (χ2v) is 3.55. The van der Waals surface area contributed by atoms with Crippen LogP contribution in [0.15, 0.2) is 24.3 Å². The minimum atomic E-state index is -4.20. The predicted molar refractivity (Wildman–Crippen MR) is 53.7 cm³/mol. The Labute approximate surface area is 91.3 Å². The largest absolute Gasteiger partial charge is 0.326 e. The molecule has 0 aliphatic rings. The zero-order chi connectivity index (χ0) is 12.3. The number of aryl methyl sites for hydroxylation is 1. The fraction of sp³-hybridized carbons (Fsp3) is 0.455. The lowest BCUT2D eigenvalue weighted by molar-refractivity contribution is -0.144. The van der Waals surface area contributed by atoms with Crippen molar-refractivity contribution in [3.05, 3.63) is 35.4 Å². The van der Waals surface area contributed by atoms with Gasteiger partial charge in [-0.2, -0.15) is 8.78 Å². The lowest BCUT2D eigenvalue weighted by Crippen LogP contribution is -2.39. The number of hydrogen-bond acceptors (Lipinski definition) is 1. The normalized spacial score (nSPS) is 14.2. The Morgan fingerprint density at radius 3 is 2.06 bits per heavy atom. The summed E-state index contributed by atoms with van der Waals surface area (Å²) < 4.78 is 50.0. The number of hydrogen-bond donors (Lipinski definition) is 1. The second-order valence-electron chi connectivity index (χ2n) is 3.55. The molecule has 0 aliphatic heterocycles. The molecule has 0 saturated heterocycles. The minimum Gasteiger partial charge on any atom is -0.319 e. The Kier molecular flexibility index (Phi) is 3.91. The number of rotatable bonds is 4. The molecule has 1 rings (SSSR count). The van der Waals surface area contributed by atoms with Gasteiger partial charge in [-0.25, -0.2) is 8.78 Å². The van der Waals surface area contributed by atoms with Gasteiger partial charge in [0, 0.05) is 0 Å². The van der Waals surface area contributed by atoms with Crippen LogP contribution in [0.3, 0.4) is 0 Å². The van der Waals surface area contributed by atoms with Gasteiger partial charge in [-0.3, -0.25) is 0 Å². The van der Waals surface area contributed by atoms with Gasteiger partial charge in [-0.05, 0) is 17.5 Å². The maximum atomic E-state index is 12.9. The zero-order valence-electron chi connectivity index (χ0n) is 8.76. The van der Waals surface area contributed by atoms with Crippen LogP contribution in [-0.2, 0) is 6.42 Å². The highest BCUT2D eigenvalue weighted by molar-refractivity contribution is 5.26. The van der Waals surface area contributed by atoms with Gasteiger partial charge in [0.2, 0.25) is 0 Å². The Morgan fingerprint density at radius 1 is 1.19 bits per heavy atom. The monoisotopic (exact) mass is 235 g/mol. The highest BCUT2D eigenvalue weighted by atomic mass is 19.3. The molecule has 0 aromatic heterocycles. The summed E-state index contributed by atoms with van der Waals surface area (Å²) in [5.41, 5.74) is 6.09. The van der Waals surface area contributed by atoms with Crippen molar-refractivity contribution in [1.29, 1.82) is 0 Å². The third kappa shape index (κ3) is 2.52. The third-order valence-corrected chi connectivity index (χ3v) is 2.45. The Bertz CT molecular complexity index is 334. The van der Waals surface area contributed by atoms with Crippen molar-refractivity contribution >= 4 is 0 Å². The van der Waals surface area contributed by atoms with E-state index in [1.54, 1.807) is 12.1 Å². The van der Waals surface area contributed by atoms with E-state index in [2.05, 4.69) is 0 Å². The topological polar surface area (TPSA) is 26.0 Å². The van der Waals surface area contributed by atoms with Crippen molar-refractivity contribution in [3.63, 3.8) is 0 Å². The molecule has 1 aromatic carbocycles. The quantitative estimate of drug-likeness (QED) is 0.797. The molecule has 0 radical (unpaired) electrons. The van der Waals surface area contributed by atoms with Gasteiger partial charge in [-0.1, -0.05) is 31.2 Å². The molecule has 1 aromatic rings. The molecule has 0 saturated carbocycles. The van der Waals surface area contributed by atoms with Crippen LogP contribution in [0.4, 0.5) is 17.6 Å². The molecule has 0 fully saturated rings. The smallest absolute Gasteiger partial charge is 0.319 e. The number of benzene rings is 1. The maximum Gasteiger partial charge on any atom is 0.326 e. The van der Waals surface area contributed by atoms with Crippen LogP contribution in [0, 0.1) is 0 Å². The molecule has 5 heteroatoms. The van der Waals surface area contributed by atoms with Crippen LogP contribution in [0.1, 0.15) is 24.1 Å². The molecule has 0 aliphatic carbocycles. The SMILES string of the molecule is CCc1ccc(C(N)C(F)(F)C(F)F)cc1. The van der Waals surface area contributed by atoms with Gasteiger partial charge in [0.25, 0.3) is 0 Å². The average molecular weight is 235 g/mol. The van der Waals surface area contributed by atoms with E-state index in [0.29, 0.717) is 0 Å². The van der Waals surface area contributed by atoms with E-state index in [1.165, 1.54) is 12.1 Å². The summed E-state index contributed by atoms with van der Waals surface area (Å²) in [5.74, 6) is -4.20. The van der Waals surface area contributed by atoms with Crippen molar-refractivity contribution in [2.75, 3.05) is 0 Å². The lowest BCUT2D eigenvalue weighted by Gasteiger charge is -2.23. The molecule has 0 bridgehead atoms. The van der Waals surface area contributed by atoms with Crippen molar-refractivity contribution in [1.82, 2.24) is 0 Å². The van der Waals surface area contributed by atoms with Crippen molar-refractivity contribution in [2.24, 2.45) is 5.73 Å². The Balaban J connectivity index is 2.91. The summed E-state index contributed by atoms with van der Waals surface area (Å²) in [5, 5.41) is 0. The third-order valence-electron chi connectivity index (χ3n) is 2.45. The number of nitrogens with two attached hydrogens (primary N) is 1. The molecule has 0 spiro atoms. The van der Waals surface area contributed by atoms with E-state index in [4.69, 9.17) is 5.73 Å². The lowest BCUT2D eigenvalue weighted by atomic mass is 10.00. The van der Waals surface area contributed by atoms with Crippen LogP contribution in [0.2, 0.25) is 0 Å². The first-order valence-electron chi connectivity index (χ1n) is 4.90. The summed E-state index contributed by atoms with van der Waals surface area (Å²) in [6, 6.07) is 3.96. The highest BCUT2D eigenvalue weighted by Gasteiger charge is 2.47. The van der Waals surface area contributed by atoms with Gasteiger partial charge in [0.05, 0.1) is 0 Å². The van der Waals surface area contributed by atoms with E-state index < -0.39 is 18.4 Å². The van der Waals surface area contributed by atoms with Gasteiger partial charge in [0.15, 0.2) is 0 Å². The molecule has 1 nitrogen and oxygen atoms in total. The summed E-state index contributed by atoms with van der Waals surface area (Å²) in [4.78, 5) is 0. The molecule has 2 N–H and O–H groups in total. The average Bonchev–Trinajstić information content (AvgIpc) is 2.28.